The van der Waals surface area contributed by atoms with Crippen LogP contribution in [0.25, 0.3) is 0 Å². The zero-order valence-electron chi connectivity index (χ0n) is 11.8. The Labute approximate surface area is 113 Å². The van der Waals surface area contributed by atoms with Crippen LogP contribution in [0.15, 0.2) is 0 Å². The van der Waals surface area contributed by atoms with Crippen LogP contribution in [0, 0.1) is 5.92 Å². The largest absolute Gasteiger partial charge is 0.444 e. The van der Waals surface area contributed by atoms with E-state index in [-0.39, 0.29) is 17.6 Å². The van der Waals surface area contributed by atoms with Crippen molar-refractivity contribution in [1.29, 1.82) is 0 Å². The number of hydrogen-bond acceptors (Lipinski definition) is 4. The Morgan fingerprint density at radius 3 is 2.32 bits per heavy atom. The van der Waals surface area contributed by atoms with E-state index in [9.17, 15) is 14.4 Å². The standard InChI is InChI=1S/C14H21NO4/c1-14(2,3)19-13(18)15-8-4-5-9(15)12-10(16)6-7-11(12)17/h9,12H,4-8H2,1-3H3. The number of carbonyl (C=O) groups is 3. The van der Waals surface area contributed by atoms with Gasteiger partial charge in [-0.2, -0.15) is 0 Å². The van der Waals surface area contributed by atoms with Crippen molar-refractivity contribution in [1.82, 2.24) is 4.90 Å². The summed E-state index contributed by atoms with van der Waals surface area (Å²) in [6.07, 6.45) is 1.76. The summed E-state index contributed by atoms with van der Waals surface area (Å²) >= 11 is 0. The van der Waals surface area contributed by atoms with Gasteiger partial charge < -0.3 is 9.64 Å². The highest BCUT2D eigenvalue weighted by Gasteiger charge is 2.45. The molecule has 1 aliphatic heterocycles. The van der Waals surface area contributed by atoms with Crippen molar-refractivity contribution in [3.05, 3.63) is 0 Å². The number of carbonyl (C=O) groups excluding carboxylic acids is 3. The fourth-order valence-electron chi connectivity index (χ4n) is 2.85. The van der Waals surface area contributed by atoms with E-state index in [0.29, 0.717) is 25.8 Å². The lowest BCUT2D eigenvalue weighted by atomic mass is 9.94. The van der Waals surface area contributed by atoms with Gasteiger partial charge in [-0.3, -0.25) is 9.59 Å². The molecule has 2 fully saturated rings. The second-order valence-electron chi connectivity index (χ2n) is 6.29. The second kappa shape index (κ2) is 4.94. The third kappa shape index (κ3) is 2.96. The molecular formula is C14H21NO4. The van der Waals surface area contributed by atoms with Gasteiger partial charge in [-0.05, 0) is 33.6 Å². The molecule has 0 bridgehead atoms. The smallest absolute Gasteiger partial charge is 0.410 e. The lowest BCUT2D eigenvalue weighted by Crippen LogP contribution is -2.45. The molecular weight excluding hydrogens is 246 g/mol. The Morgan fingerprint density at radius 1 is 1.21 bits per heavy atom. The number of hydrogen-bond donors (Lipinski definition) is 0. The zero-order chi connectivity index (χ0) is 14.2. The number of rotatable bonds is 1. The summed E-state index contributed by atoms with van der Waals surface area (Å²) in [7, 11) is 0. The second-order valence-corrected chi connectivity index (χ2v) is 6.29. The van der Waals surface area contributed by atoms with Gasteiger partial charge in [0.1, 0.15) is 17.2 Å². The van der Waals surface area contributed by atoms with Gasteiger partial charge in [-0.1, -0.05) is 0 Å². The van der Waals surface area contributed by atoms with Gasteiger partial charge in [-0.15, -0.1) is 0 Å². The molecule has 0 spiro atoms. The van der Waals surface area contributed by atoms with Gasteiger partial charge in [0.2, 0.25) is 0 Å². The van der Waals surface area contributed by atoms with E-state index in [0.717, 1.165) is 6.42 Å². The molecule has 1 heterocycles. The van der Waals surface area contributed by atoms with Crippen LogP contribution in [0.3, 0.4) is 0 Å². The lowest BCUT2D eigenvalue weighted by molar-refractivity contribution is -0.129. The van der Waals surface area contributed by atoms with Crippen LogP contribution in [0.5, 0.6) is 0 Å². The van der Waals surface area contributed by atoms with Gasteiger partial charge >= 0.3 is 6.09 Å². The first-order valence-corrected chi connectivity index (χ1v) is 6.84. The van der Waals surface area contributed by atoms with Crippen molar-refractivity contribution in [2.45, 2.75) is 58.1 Å². The average molecular weight is 267 g/mol. The Morgan fingerprint density at radius 2 is 1.79 bits per heavy atom. The SMILES string of the molecule is CC(C)(C)OC(=O)N1CCCC1C1C(=O)CCC1=O. The van der Waals surface area contributed by atoms with Crippen LogP contribution in [-0.4, -0.2) is 40.7 Å². The van der Waals surface area contributed by atoms with Crippen LogP contribution >= 0.6 is 0 Å². The van der Waals surface area contributed by atoms with Crippen molar-refractivity contribution in [3.8, 4) is 0 Å². The molecule has 2 aliphatic rings. The van der Waals surface area contributed by atoms with E-state index < -0.39 is 17.6 Å². The normalized spacial score (nSPS) is 25.2. The summed E-state index contributed by atoms with van der Waals surface area (Å²) in [6, 6.07) is -0.294. The molecule has 19 heavy (non-hydrogen) atoms. The summed E-state index contributed by atoms with van der Waals surface area (Å²) in [5, 5.41) is 0. The van der Waals surface area contributed by atoms with Crippen LogP contribution in [0.2, 0.25) is 0 Å². The van der Waals surface area contributed by atoms with Gasteiger partial charge in [0.25, 0.3) is 0 Å². The molecule has 5 heteroatoms. The monoisotopic (exact) mass is 267 g/mol. The maximum Gasteiger partial charge on any atom is 0.410 e. The van der Waals surface area contributed by atoms with Gasteiger partial charge in [0, 0.05) is 19.4 Å². The van der Waals surface area contributed by atoms with E-state index in [4.69, 9.17) is 4.74 Å². The fourth-order valence-corrected chi connectivity index (χ4v) is 2.85. The lowest BCUT2D eigenvalue weighted by Gasteiger charge is -2.30. The molecule has 0 radical (unpaired) electrons. The molecule has 5 nitrogen and oxygen atoms in total. The summed E-state index contributed by atoms with van der Waals surface area (Å²) in [5.41, 5.74) is -0.562. The number of Topliss-reactive ketones (excluding diaryl/α,β-unsaturated/α-hetero) is 2. The molecule has 106 valence electrons. The van der Waals surface area contributed by atoms with Gasteiger partial charge in [-0.25, -0.2) is 4.79 Å². The highest BCUT2D eigenvalue weighted by molar-refractivity contribution is 6.09. The van der Waals surface area contributed by atoms with Crippen molar-refractivity contribution in [2.24, 2.45) is 5.92 Å². The van der Waals surface area contributed by atoms with Crippen LogP contribution in [0.1, 0.15) is 46.5 Å². The van der Waals surface area contributed by atoms with E-state index in [1.807, 2.05) is 20.8 Å². The van der Waals surface area contributed by atoms with Crippen molar-refractivity contribution in [3.63, 3.8) is 0 Å². The Kier molecular flexibility index (Phi) is 3.65. The average Bonchev–Trinajstić information content (AvgIpc) is 2.83. The Balaban J connectivity index is 2.11. The molecule has 0 aromatic heterocycles. The molecule has 2 rings (SSSR count). The van der Waals surface area contributed by atoms with Crippen molar-refractivity contribution < 1.29 is 19.1 Å². The molecule has 1 saturated heterocycles. The molecule has 0 aromatic rings. The third-order valence-corrected chi connectivity index (χ3v) is 3.62. The molecule has 1 aliphatic carbocycles. The van der Waals surface area contributed by atoms with Gasteiger partial charge in [0.15, 0.2) is 0 Å². The molecule has 0 aromatic carbocycles. The number of ketones is 2. The minimum Gasteiger partial charge on any atom is -0.444 e. The molecule has 1 saturated carbocycles. The van der Waals surface area contributed by atoms with Crippen molar-refractivity contribution in [2.75, 3.05) is 6.54 Å². The minimum absolute atomic E-state index is 0.0227. The number of nitrogens with zero attached hydrogens (tertiary/aromatic N) is 1. The number of ether oxygens (including phenoxy) is 1. The van der Waals surface area contributed by atoms with E-state index in [1.54, 1.807) is 4.90 Å². The molecule has 0 N–H and O–H groups in total. The topological polar surface area (TPSA) is 63.7 Å². The quantitative estimate of drug-likeness (QED) is 0.681. The maximum absolute atomic E-state index is 12.1. The summed E-state index contributed by atoms with van der Waals surface area (Å²) < 4.78 is 5.35. The minimum atomic E-state index is -0.616. The predicted octanol–water partition coefficient (Wildman–Crippen LogP) is 1.93. The van der Waals surface area contributed by atoms with Crippen LogP contribution in [0.4, 0.5) is 4.79 Å². The summed E-state index contributed by atoms with van der Waals surface area (Å²) in [4.78, 5) is 37.3. The van der Waals surface area contributed by atoms with Crippen molar-refractivity contribution >= 4 is 17.7 Å². The molecule has 1 amide bonds. The summed E-state index contributed by atoms with van der Waals surface area (Å²) in [6.45, 7) is 5.99. The first-order valence-electron chi connectivity index (χ1n) is 6.84. The van der Waals surface area contributed by atoms with E-state index in [2.05, 4.69) is 0 Å². The van der Waals surface area contributed by atoms with Crippen LogP contribution < -0.4 is 0 Å². The van der Waals surface area contributed by atoms with Gasteiger partial charge in [0.05, 0.1) is 12.0 Å². The Hall–Kier alpha value is -1.39. The first kappa shape index (κ1) is 14.0. The zero-order valence-corrected chi connectivity index (χ0v) is 11.8. The highest BCUT2D eigenvalue weighted by Crippen LogP contribution is 2.32. The fraction of sp³-hybridized carbons (Fsp3) is 0.786. The third-order valence-electron chi connectivity index (χ3n) is 3.62. The van der Waals surface area contributed by atoms with Crippen LogP contribution in [-0.2, 0) is 14.3 Å². The van der Waals surface area contributed by atoms with E-state index >= 15 is 0 Å². The predicted molar refractivity (Wildman–Crippen MR) is 68.7 cm³/mol. The number of amides is 1. The highest BCUT2D eigenvalue weighted by atomic mass is 16.6. The number of likely N-dealkylation sites (tertiary alicyclic amines) is 1. The van der Waals surface area contributed by atoms with E-state index in [1.165, 1.54) is 0 Å². The molecule has 1 atom stereocenters. The molecule has 1 unspecified atom stereocenters. The summed E-state index contributed by atoms with van der Waals surface area (Å²) in [5.74, 6) is -0.661. The first-order chi connectivity index (χ1) is 8.79. The maximum atomic E-state index is 12.1. The Bertz CT molecular complexity index is 394.